The van der Waals surface area contributed by atoms with Gasteiger partial charge in [0.15, 0.2) is 11.6 Å². The molecule has 19 heavy (non-hydrogen) atoms. The van der Waals surface area contributed by atoms with Gasteiger partial charge in [-0.25, -0.2) is 8.78 Å². The normalized spacial score (nSPS) is 21.3. The molecule has 0 spiro atoms. The predicted octanol–water partition coefficient (Wildman–Crippen LogP) is 3.23. The maximum absolute atomic E-state index is 13.9. The van der Waals surface area contributed by atoms with E-state index >= 15 is 0 Å². The summed E-state index contributed by atoms with van der Waals surface area (Å²) in [6, 6.07) is 3.72. The fraction of sp³-hybridized carbons (Fsp3) is 0.600. The van der Waals surface area contributed by atoms with E-state index in [-0.39, 0.29) is 11.1 Å². The predicted molar refractivity (Wildman–Crippen MR) is 72.8 cm³/mol. The first-order chi connectivity index (χ1) is 9.00. The summed E-state index contributed by atoms with van der Waals surface area (Å²) in [5.41, 5.74) is 6.23. The van der Waals surface area contributed by atoms with Crippen LogP contribution < -0.4 is 5.73 Å². The number of rotatable bonds is 4. The van der Waals surface area contributed by atoms with Crippen LogP contribution in [0.25, 0.3) is 0 Å². The van der Waals surface area contributed by atoms with Crippen LogP contribution in [0.3, 0.4) is 0 Å². The summed E-state index contributed by atoms with van der Waals surface area (Å²) < 4.78 is 27.3. The van der Waals surface area contributed by atoms with E-state index in [9.17, 15) is 8.78 Å². The Bertz CT molecular complexity index is 444. The molecule has 106 valence electrons. The second-order valence-corrected chi connectivity index (χ2v) is 5.53. The summed E-state index contributed by atoms with van der Waals surface area (Å²) in [5.74, 6) is -1.64. The highest BCUT2D eigenvalue weighted by molar-refractivity contribution is 5.25. The van der Waals surface area contributed by atoms with Crippen LogP contribution in [-0.2, 0) is 0 Å². The lowest BCUT2D eigenvalue weighted by Gasteiger charge is -2.43. The number of hydrogen-bond donors (Lipinski definition) is 1. The maximum atomic E-state index is 13.9. The van der Waals surface area contributed by atoms with E-state index in [2.05, 4.69) is 11.8 Å². The zero-order valence-electron chi connectivity index (χ0n) is 11.6. The zero-order valence-corrected chi connectivity index (χ0v) is 11.6. The van der Waals surface area contributed by atoms with Crippen molar-refractivity contribution < 1.29 is 8.78 Å². The van der Waals surface area contributed by atoms with E-state index in [1.165, 1.54) is 6.07 Å². The Morgan fingerprint density at radius 3 is 2.53 bits per heavy atom. The minimum Gasteiger partial charge on any atom is -0.322 e. The van der Waals surface area contributed by atoms with E-state index in [1.54, 1.807) is 6.07 Å². The molecule has 2 rings (SSSR count). The van der Waals surface area contributed by atoms with Crippen molar-refractivity contribution in [1.29, 1.82) is 0 Å². The van der Waals surface area contributed by atoms with Crippen molar-refractivity contribution in [3.8, 4) is 0 Å². The van der Waals surface area contributed by atoms with Gasteiger partial charge in [0.2, 0.25) is 0 Å². The summed E-state index contributed by atoms with van der Waals surface area (Å²) in [4.78, 5) is 2.31. The van der Waals surface area contributed by atoms with Gasteiger partial charge in [-0.3, -0.25) is 4.90 Å². The average molecular weight is 268 g/mol. The molecule has 0 aliphatic carbocycles. The van der Waals surface area contributed by atoms with E-state index < -0.39 is 17.7 Å². The van der Waals surface area contributed by atoms with E-state index in [0.29, 0.717) is 0 Å². The Morgan fingerprint density at radius 2 is 1.95 bits per heavy atom. The summed E-state index contributed by atoms with van der Waals surface area (Å²) >= 11 is 0. The van der Waals surface area contributed by atoms with Crippen molar-refractivity contribution in [1.82, 2.24) is 4.90 Å². The Balaban J connectivity index is 2.34. The van der Waals surface area contributed by atoms with Gasteiger partial charge in [-0.15, -0.1) is 0 Å². The highest BCUT2D eigenvalue weighted by Gasteiger charge is 2.39. The monoisotopic (exact) mass is 268 g/mol. The van der Waals surface area contributed by atoms with Crippen LogP contribution in [0.1, 0.15) is 44.7 Å². The maximum Gasteiger partial charge on any atom is 0.163 e. The van der Waals surface area contributed by atoms with Crippen molar-refractivity contribution in [2.75, 3.05) is 13.1 Å². The van der Waals surface area contributed by atoms with Crippen molar-refractivity contribution in [2.45, 2.75) is 44.7 Å². The van der Waals surface area contributed by atoms with Crippen LogP contribution >= 0.6 is 0 Å². The molecule has 2 atom stereocenters. The van der Waals surface area contributed by atoms with Crippen molar-refractivity contribution in [3.63, 3.8) is 0 Å². The molecule has 0 bridgehead atoms. The van der Waals surface area contributed by atoms with Gasteiger partial charge in [-0.1, -0.05) is 19.1 Å². The van der Waals surface area contributed by atoms with Crippen LogP contribution in [0.4, 0.5) is 8.78 Å². The molecule has 1 heterocycles. The number of benzene rings is 1. The lowest BCUT2D eigenvalue weighted by molar-refractivity contribution is 0.0983. The van der Waals surface area contributed by atoms with E-state index in [1.807, 2.05) is 6.92 Å². The molecule has 2 N–H and O–H groups in total. The third-order valence-electron chi connectivity index (χ3n) is 4.53. The van der Waals surface area contributed by atoms with Gasteiger partial charge in [0, 0.05) is 11.1 Å². The number of nitrogens with zero attached hydrogens (tertiary/aromatic N) is 1. The van der Waals surface area contributed by atoms with Crippen LogP contribution in [0.2, 0.25) is 0 Å². The SMILES string of the molecule is CCC(C)(C(N)c1cccc(F)c1F)N1CCCC1. The second kappa shape index (κ2) is 5.55. The van der Waals surface area contributed by atoms with Gasteiger partial charge in [-0.2, -0.15) is 0 Å². The minimum atomic E-state index is -0.826. The largest absolute Gasteiger partial charge is 0.322 e. The lowest BCUT2D eigenvalue weighted by Crippen LogP contribution is -2.52. The third-order valence-corrected chi connectivity index (χ3v) is 4.53. The number of halogens is 2. The smallest absolute Gasteiger partial charge is 0.163 e. The molecule has 2 nitrogen and oxygen atoms in total. The van der Waals surface area contributed by atoms with Crippen molar-refractivity contribution in [3.05, 3.63) is 35.4 Å². The van der Waals surface area contributed by atoms with E-state index in [4.69, 9.17) is 5.73 Å². The van der Waals surface area contributed by atoms with Crippen molar-refractivity contribution in [2.24, 2.45) is 5.73 Å². The Morgan fingerprint density at radius 1 is 1.32 bits per heavy atom. The van der Waals surface area contributed by atoms with Gasteiger partial charge in [-0.05, 0) is 45.3 Å². The summed E-state index contributed by atoms with van der Waals surface area (Å²) in [5, 5.41) is 0. The Kier molecular flexibility index (Phi) is 4.21. The molecule has 1 aromatic carbocycles. The second-order valence-electron chi connectivity index (χ2n) is 5.53. The molecular formula is C15H22F2N2. The topological polar surface area (TPSA) is 29.3 Å². The first kappa shape index (κ1) is 14.4. The standard InChI is InChI=1S/C15H22F2N2/c1-3-15(2,19-9-4-5-10-19)14(18)11-7-6-8-12(16)13(11)17/h6-8,14H,3-5,9-10,18H2,1-2H3. The molecule has 1 aliphatic rings. The van der Waals surface area contributed by atoms with Crippen LogP contribution in [0, 0.1) is 11.6 Å². The number of hydrogen-bond acceptors (Lipinski definition) is 2. The summed E-state index contributed by atoms with van der Waals surface area (Å²) in [6.07, 6.45) is 3.10. The van der Waals surface area contributed by atoms with Crippen LogP contribution in [-0.4, -0.2) is 23.5 Å². The van der Waals surface area contributed by atoms with E-state index in [0.717, 1.165) is 38.4 Å². The molecular weight excluding hydrogens is 246 g/mol. The highest BCUT2D eigenvalue weighted by Crippen LogP contribution is 2.36. The molecule has 0 saturated carbocycles. The average Bonchev–Trinajstić information content (AvgIpc) is 2.94. The van der Waals surface area contributed by atoms with Gasteiger partial charge < -0.3 is 5.73 Å². The fourth-order valence-corrected chi connectivity index (χ4v) is 2.96. The lowest BCUT2D eigenvalue weighted by atomic mass is 9.83. The molecule has 1 aliphatic heterocycles. The number of likely N-dealkylation sites (tertiary alicyclic amines) is 1. The molecule has 0 radical (unpaired) electrons. The molecule has 0 amide bonds. The third kappa shape index (κ3) is 2.51. The number of nitrogens with two attached hydrogens (primary N) is 1. The van der Waals surface area contributed by atoms with Gasteiger partial charge in [0.25, 0.3) is 0 Å². The van der Waals surface area contributed by atoms with Gasteiger partial charge >= 0.3 is 0 Å². The Labute approximate surface area is 113 Å². The van der Waals surface area contributed by atoms with Crippen molar-refractivity contribution >= 4 is 0 Å². The molecule has 1 saturated heterocycles. The van der Waals surface area contributed by atoms with Gasteiger partial charge in [0.1, 0.15) is 0 Å². The molecule has 2 unspecified atom stereocenters. The molecule has 1 fully saturated rings. The van der Waals surface area contributed by atoms with Crippen LogP contribution in [0.5, 0.6) is 0 Å². The molecule has 1 aromatic rings. The summed E-state index contributed by atoms with van der Waals surface area (Å²) in [6.45, 7) is 6.06. The Hall–Kier alpha value is -1.00. The van der Waals surface area contributed by atoms with Crippen LogP contribution in [0.15, 0.2) is 18.2 Å². The minimum absolute atomic E-state index is 0.274. The molecule has 4 heteroatoms. The fourth-order valence-electron chi connectivity index (χ4n) is 2.96. The quantitative estimate of drug-likeness (QED) is 0.908. The zero-order chi connectivity index (χ0) is 14.0. The first-order valence-corrected chi connectivity index (χ1v) is 6.95. The highest BCUT2D eigenvalue weighted by atomic mass is 19.2. The first-order valence-electron chi connectivity index (χ1n) is 6.95. The summed E-state index contributed by atoms with van der Waals surface area (Å²) in [7, 11) is 0. The molecule has 0 aromatic heterocycles. The van der Waals surface area contributed by atoms with Gasteiger partial charge in [0.05, 0.1) is 6.04 Å².